The van der Waals surface area contributed by atoms with Crippen molar-refractivity contribution in [3.63, 3.8) is 0 Å². The molecule has 1 fully saturated rings. The lowest BCUT2D eigenvalue weighted by Gasteiger charge is -2.42. The third-order valence-electron chi connectivity index (χ3n) is 3.82. The Kier molecular flexibility index (Phi) is 4.86. The van der Waals surface area contributed by atoms with Crippen LogP contribution < -0.4 is 5.32 Å². The minimum absolute atomic E-state index is 0.0148. The van der Waals surface area contributed by atoms with E-state index in [0.717, 1.165) is 31.7 Å². The predicted octanol–water partition coefficient (Wildman–Crippen LogP) is 3.24. The number of nitrogens with one attached hydrogen (secondary N) is 1. The van der Waals surface area contributed by atoms with Crippen molar-refractivity contribution in [1.29, 1.82) is 0 Å². The van der Waals surface area contributed by atoms with Crippen LogP contribution in [-0.4, -0.2) is 36.0 Å². The Morgan fingerprint density at radius 3 is 2.48 bits per heavy atom. The maximum Gasteiger partial charge on any atom is 0.288 e. The predicted molar refractivity (Wildman–Crippen MR) is 84.7 cm³/mol. The molecule has 2 rings (SSSR count). The second-order valence-electron chi connectivity index (χ2n) is 6.52. The van der Waals surface area contributed by atoms with Crippen LogP contribution >= 0.6 is 11.6 Å². The van der Waals surface area contributed by atoms with Gasteiger partial charge in [0.1, 0.15) is 5.02 Å². The van der Waals surface area contributed by atoms with Gasteiger partial charge in [0.05, 0.1) is 4.92 Å². The second-order valence-corrected chi connectivity index (χ2v) is 6.93. The number of benzene rings is 1. The van der Waals surface area contributed by atoms with E-state index in [-0.39, 0.29) is 22.2 Å². The maximum absolute atomic E-state index is 11.1. The molecule has 6 heteroatoms. The van der Waals surface area contributed by atoms with Crippen LogP contribution in [0, 0.1) is 15.5 Å². The Bertz CT molecular complexity index is 522. The van der Waals surface area contributed by atoms with Crippen LogP contribution in [0.4, 0.5) is 5.69 Å². The summed E-state index contributed by atoms with van der Waals surface area (Å²) in [4.78, 5) is 13.1. The zero-order chi connectivity index (χ0) is 15.6. The molecule has 0 radical (unpaired) electrons. The lowest BCUT2D eigenvalue weighted by Crippen LogP contribution is -2.48. The van der Waals surface area contributed by atoms with Gasteiger partial charge in [-0.1, -0.05) is 38.4 Å². The molecule has 1 atom stereocenters. The zero-order valence-corrected chi connectivity index (χ0v) is 13.5. The Hall–Kier alpha value is -1.17. The monoisotopic (exact) mass is 311 g/mol. The minimum atomic E-state index is -0.413. The molecule has 0 amide bonds. The molecule has 0 bridgehead atoms. The van der Waals surface area contributed by atoms with E-state index in [1.165, 1.54) is 0 Å². The summed E-state index contributed by atoms with van der Waals surface area (Å²) in [6.45, 7) is 10.3. The van der Waals surface area contributed by atoms with E-state index < -0.39 is 4.92 Å². The summed E-state index contributed by atoms with van der Waals surface area (Å²) in [5.74, 6) is 0. The first-order chi connectivity index (χ1) is 9.80. The molecule has 1 aromatic rings. The maximum atomic E-state index is 11.1. The van der Waals surface area contributed by atoms with Gasteiger partial charge in [-0.25, -0.2) is 0 Å². The molecule has 1 aliphatic heterocycles. The normalized spacial score (nSPS) is 18.5. The Morgan fingerprint density at radius 2 is 1.95 bits per heavy atom. The lowest BCUT2D eigenvalue weighted by molar-refractivity contribution is -0.384. The van der Waals surface area contributed by atoms with Gasteiger partial charge in [0.25, 0.3) is 5.69 Å². The van der Waals surface area contributed by atoms with Gasteiger partial charge >= 0.3 is 0 Å². The van der Waals surface area contributed by atoms with Gasteiger partial charge in [-0.05, 0) is 17.0 Å². The molecule has 5 nitrogen and oxygen atoms in total. The summed E-state index contributed by atoms with van der Waals surface area (Å²) in [5.41, 5.74) is 0.929. The molecule has 1 aliphatic rings. The SMILES string of the molecule is CC(C)(C)[C@@H](c1ccc(Cl)c([N+](=O)[O-])c1)N1CCNCC1. The van der Waals surface area contributed by atoms with E-state index in [1.807, 2.05) is 6.07 Å². The number of hydrogen-bond donors (Lipinski definition) is 1. The highest BCUT2D eigenvalue weighted by Gasteiger charge is 2.33. The summed E-state index contributed by atoms with van der Waals surface area (Å²) >= 11 is 5.93. The quantitative estimate of drug-likeness (QED) is 0.687. The molecule has 1 heterocycles. The van der Waals surface area contributed by atoms with Gasteiger partial charge in [-0.3, -0.25) is 15.0 Å². The van der Waals surface area contributed by atoms with Crippen molar-refractivity contribution >= 4 is 17.3 Å². The first-order valence-corrected chi connectivity index (χ1v) is 7.57. The fraction of sp³-hybridized carbons (Fsp3) is 0.600. The molecule has 116 valence electrons. The van der Waals surface area contributed by atoms with Crippen molar-refractivity contribution < 1.29 is 4.92 Å². The van der Waals surface area contributed by atoms with E-state index in [1.54, 1.807) is 12.1 Å². The number of nitro benzene ring substituents is 1. The molecule has 0 spiro atoms. The zero-order valence-electron chi connectivity index (χ0n) is 12.7. The fourth-order valence-corrected chi connectivity index (χ4v) is 3.23. The standard InChI is InChI=1S/C15H22ClN3O2/c1-15(2,3)14(18-8-6-17-7-9-18)11-4-5-12(16)13(10-11)19(20)21/h4-5,10,14,17H,6-9H2,1-3H3/t14-/m1/s1. The van der Waals surface area contributed by atoms with Crippen molar-refractivity contribution in [3.8, 4) is 0 Å². The highest BCUT2D eigenvalue weighted by Crippen LogP contribution is 2.40. The molecule has 0 saturated carbocycles. The minimum Gasteiger partial charge on any atom is -0.314 e. The molecular weight excluding hydrogens is 290 g/mol. The first-order valence-electron chi connectivity index (χ1n) is 7.19. The number of halogens is 1. The van der Waals surface area contributed by atoms with Crippen molar-refractivity contribution in [2.45, 2.75) is 26.8 Å². The highest BCUT2D eigenvalue weighted by atomic mass is 35.5. The van der Waals surface area contributed by atoms with Gasteiger partial charge in [0, 0.05) is 38.3 Å². The fourth-order valence-electron chi connectivity index (χ4n) is 3.04. The van der Waals surface area contributed by atoms with Gasteiger partial charge in [0.15, 0.2) is 0 Å². The average Bonchev–Trinajstić information content (AvgIpc) is 2.40. The smallest absolute Gasteiger partial charge is 0.288 e. The van der Waals surface area contributed by atoms with Crippen molar-refractivity contribution in [3.05, 3.63) is 38.9 Å². The molecule has 1 N–H and O–H groups in total. The molecular formula is C15H22ClN3O2. The van der Waals surface area contributed by atoms with Crippen LogP contribution in [0.3, 0.4) is 0 Å². The van der Waals surface area contributed by atoms with Crippen molar-refractivity contribution in [2.24, 2.45) is 5.41 Å². The van der Waals surface area contributed by atoms with E-state index in [0.29, 0.717) is 0 Å². The number of nitro groups is 1. The topological polar surface area (TPSA) is 58.4 Å². The van der Waals surface area contributed by atoms with Crippen LogP contribution in [-0.2, 0) is 0 Å². The van der Waals surface area contributed by atoms with Gasteiger partial charge in [-0.15, -0.1) is 0 Å². The van der Waals surface area contributed by atoms with Crippen LogP contribution in [0.5, 0.6) is 0 Å². The Morgan fingerprint density at radius 1 is 1.33 bits per heavy atom. The van der Waals surface area contributed by atoms with Crippen molar-refractivity contribution in [1.82, 2.24) is 10.2 Å². The molecule has 0 unspecified atom stereocenters. The Labute approximate surface area is 130 Å². The molecule has 21 heavy (non-hydrogen) atoms. The largest absolute Gasteiger partial charge is 0.314 e. The summed E-state index contributed by atoms with van der Waals surface area (Å²) in [6.07, 6.45) is 0. The number of nitrogens with zero attached hydrogens (tertiary/aromatic N) is 2. The molecule has 1 saturated heterocycles. The third-order valence-corrected chi connectivity index (χ3v) is 4.14. The average molecular weight is 312 g/mol. The lowest BCUT2D eigenvalue weighted by atomic mass is 9.81. The number of piperazine rings is 1. The van der Waals surface area contributed by atoms with Gasteiger partial charge < -0.3 is 5.32 Å². The van der Waals surface area contributed by atoms with Crippen LogP contribution in [0.25, 0.3) is 0 Å². The van der Waals surface area contributed by atoms with Gasteiger partial charge in [0.2, 0.25) is 0 Å². The van der Waals surface area contributed by atoms with Crippen LogP contribution in [0.1, 0.15) is 32.4 Å². The van der Waals surface area contributed by atoms with E-state index in [2.05, 4.69) is 31.0 Å². The highest BCUT2D eigenvalue weighted by molar-refractivity contribution is 6.32. The van der Waals surface area contributed by atoms with E-state index in [4.69, 9.17) is 11.6 Å². The number of rotatable bonds is 3. The third kappa shape index (κ3) is 3.73. The number of hydrogen-bond acceptors (Lipinski definition) is 4. The molecule has 0 aliphatic carbocycles. The molecule has 0 aromatic heterocycles. The van der Waals surface area contributed by atoms with Crippen LogP contribution in [0.15, 0.2) is 18.2 Å². The van der Waals surface area contributed by atoms with Crippen LogP contribution in [0.2, 0.25) is 5.02 Å². The Balaban J connectivity index is 2.41. The summed E-state index contributed by atoms with van der Waals surface area (Å²) in [5, 5.41) is 14.7. The first kappa shape index (κ1) is 16.2. The van der Waals surface area contributed by atoms with E-state index >= 15 is 0 Å². The summed E-state index contributed by atoms with van der Waals surface area (Å²) < 4.78 is 0. The van der Waals surface area contributed by atoms with Gasteiger partial charge in [-0.2, -0.15) is 0 Å². The summed E-state index contributed by atoms with van der Waals surface area (Å²) in [6, 6.07) is 5.30. The molecule has 1 aromatic carbocycles. The second kappa shape index (κ2) is 6.30. The van der Waals surface area contributed by atoms with E-state index in [9.17, 15) is 10.1 Å². The summed E-state index contributed by atoms with van der Waals surface area (Å²) in [7, 11) is 0. The van der Waals surface area contributed by atoms with Crippen molar-refractivity contribution in [2.75, 3.05) is 26.2 Å².